The highest BCUT2D eigenvalue weighted by molar-refractivity contribution is 7.80. The molecule has 1 heterocycles. The molecule has 0 aliphatic carbocycles. The Kier molecular flexibility index (Phi) is 2.88. The van der Waals surface area contributed by atoms with Gasteiger partial charge in [-0.1, -0.05) is 60.7 Å². The Morgan fingerprint density at radius 1 is 0.889 bits per heavy atom. The smallest absolute Gasteiger partial charge is 0.0753 e. The molecule has 0 saturated carbocycles. The van der Waals surface area contributed by atoms with E-state index >= 15 is 0 Å². The quantitative estimate of drug-likeness (QED) is 0.652. The number of thiocarbonyl (C=S) groups is 1. The standard InChI is InChI=1S/C16H15NS/c1-12(18)17-10-13-6-2-4-8-15(13)16-9-5-3-7-14(16)11-17/h2-9H,10-11H2,1H3. The first-order valence-corrected chi connectivity index (χ1v) is 6.58. The van der Waals surface area contributed by atoms with Crippen LogP contribution in [0, 0.1) is 0 Å². The van der Waals surface area contributed by atoms with Gasteiger partial charge in [0.15, 0.2) is 0 Å². The average molecular weight is 253 g/mol. The zero-order chi connectivity index (χ0) is 12.5. The van der Waals surface area contributed by atoms with Crippen molar-refractivity contribution in [3.63, 3.8) is 0 Å². The summed E-state index contributed by atoms with van der Waals surface area (Å²) >= 11 is 5.36. The van der Waals surface area contributed by atoms with E-state index in [1.54, 1.807) is 0 Å². The van der Waals surface area contributed by atoms with Crippen molar-refractivity contribution < 1.29 is 0 Å². The van der Waals surface area contributed by atoms with Gasteiger partial charge in [-0.15, -0.1) is 0 Å². The molecule has 0 saturated heterocycles. The van der Waals surface area contributed by atoms with Crippen LogP contribution in [0.4, 0.5) is 0 Å². The van der Waals surface area contributed by atoms with Gasteiger partial charge < -0.3 is 4.90 Å². The maximum atomic E-state index is 5.36. The number of rotatable bonds is 0. The lowest BCUT2D eigenvalue weighted by molar-refractivity contribution is 0.416. The van der Waals surface area contributed by atoms with E-state index in [0.29, 0.717) is 0 Å². The Labute approximate surface area is 113 Å². The highest BCUT2D eigenvalue weighted by atomic mass is 32.1. The molecule has 18 heavy (non-hydrogen) atoms. The van der Waals surface area contributed by atoms with Gasteiger partial charge in [0.1, 0.15) is 0 Å². The van der Waals surface area contributed by atoms with Gasteiger partial charge >= 0.3 is 0 Å². The molecule has 0 aromatic heterocycles. The number of hydrogen-bond donors (Lipinski definition) is 0. The normalized spacial score (nSPS) is 13.5. The molecule has 90 valence electrons. The van der Waals surface area contributed by atoms with E-state index in [1.165, 1.54) is 22.3 Å². The molecule has 1 nitrogen and oxygen atoms in total. The number of benzene rings is 2. The third kappa shape index (κ3) is 1.93. The monoisotopic (exact) mass is 253 g/mol. The molecule has 2 aromatic carbocycles. The molecular formula is C16H15NS. The Morgan fingerprint density at radius 3 is 1.78 bits per heavy atom. The minimum atomic E-state index is 0.903. The van der Waals surface area contributed by atoms with E-state index in [9.17, 15) is 0 Å². The predicted octanol–water partition coefficient (Wildman–Crippen LogP) is 4.02. The van der Waals surface area contributed by atoms with Crippen molar-refractivity contribution in [2.75, 3.05) is 0 Å². The lowest BCUT2D eigenvalue weighted by Crippen LogP contribution is -2.25. The summed E-state index contributed by atoms with van der Waals surface area (Å²) in [6.07, 6.45) is 0. The predicted molar refractivity (Wildman–Crippen MR) is 79.4 cm³/mol. The van der Waals surface area contributed by atoms with E-state index in [2.05, 4.69) is 53.4 Å². The highest BCUT2D eigenvalue weighted by Crippen LogP contribution is 2.32. The Hall–Kier alpha value is -1.67. The van der Waals surface area contributed by atoms with Crippen LogP contribution in [0.25, 0.3) is 11.1 Å². The summed E-state index contributed by atoms with van der Waals surface area (Å²) in [5, 5.41) is 0. The molecule has 0 amide bonds. The van der Waals surface area contributed by atoms with Crippen molar-refractivity contribution in [1.29, 1.82) is 0 Å². The van der Waals surface area contributed by atoms with Gasteiger partial charge in [-0.2, -0.15) is 0 Å². The fourth-order valence-electron chi connectivity index (χ4n) is 2.53. The zero-order valence-corrected chi connectivity index (χ0v) is 11.2. The summed E-state index contributed by atoms with van der Waals surface area (Å²) in [6.45, 7) is 3.81. The second-order valence-electron chi connectivity index (χ2n) is 4.69. The summed E-state index contributed by atoms with van der Waals surface area (Å²) < 4.78 is 0. The van der Waals surface area contributed by atoms with Crippen LogP contribution in [0.5, 0.6) is 0 Å². The lowest BCUT2D eigenvalue weighted by atomic mass is 9.97. The van der Waals surface area contributed by atoms with Crippen LogP contribution < -0.4 is 0 Å². The summed E-state index contributed by atoms with van der Waals surface area (Å²) in [6, 6.07) is 17.2. The second-order valence-corrected chi connectivity index (χ2v) is 5.28. The molecule has 1 aliphatic rings. The first-order valence-electron chi connectivity index (χ1n) is 6.17. The van der Waals surface area contributed by atoms with E-state index < -0.39 is 0 Å². The number of fused-ring (bicyclic) bond motifs is 3. The molecule has 0 N–H and O–H groups in total. The Balaban J connectivity index is 2.21. The first-order chi connectivity index (χ1) is 8.75. The maximum absolute atomic E-state index is 5.36. The molecule has 1 aliphatic heterocycles. The van der Waals surface area contributed by atoms with E-state index in [0.717, 1.165) is 18.1 Å². The van der Waals surface area contributed by atoms with Crippen molar-refractivity contribution in [3.8, 4) is 11.1 Å². The van der Waals surface area contributed by atoms with Crippen LogP contribution in [0.3, 0.4) is 0 Å². The van der Waals surface area contributed by atoms with Gasteiger partial charge in [0.05, 0.1) is 4.99 Å². The molecule has 0 spiro atoms. The van der Waals surface area contributed by atoms with Crippen molar-refractivity contribution in [2.24, 2.45) is 0 Å². The molecule has 0 fully saturated rings. The van der Waals surface area contributed by atoms with Crippen LogP contribution in [0.2, 0.25) is 0 Å². The van der Waals surface area contributed by atoms with Crippen LogP contribution in [0.15, 0.2) is 48.5 Å². The topological polar surface area (TPSA) is 3.24 Å². The second kappa shape index (κ2) is 4.54. The van der Waals surface area contributed by atoms with Crippen molar-refractivity contribution in [1.82, 2.24) is 4.90 Å². The Morgan fingerprint density at radius 2 is 1.33 bits per heavy atom. The molecule has 0 bridgehead atoms. The minimum Gasteiger partial charge on any atom is -0.358 e. The van der Waals surface area contributed by atoms with Crippen molar-refractivity contribution in [3.05, 3.63) is 59.7 Å². The van der Waals surface area contributed by atoms with Crippen molar-refractivity contribution in [2.45, 2.75) is 20.0 Å². The average Bonchev–Trinajstić information content (AvgIpc) is 2.55. The highest BCUT2D eigenvalue weighted by Gasteiger charge is 2.18. The number of nitrogens with zero attached hydrogens (tertiary/aromatic N) is 1. The third-order valence-electron chi connectivity index (χ3n) is 3.49. The third-order valence-corrected chi connectivity index (χ3v) is 3.75. The van der Waals surface area contributed by atoms with Gasteiger partial charge in [0.2, 0.25) is 0 Å². The van der Waals surface area contributed by atoms with E-state index in [-0.39, 0.29) is 0 Å². The van der Waals surface area contributed by atoms with Gasteiger partial charge in [0, 0.05) is 13.1 Å². The van der Waals surface area contributed by atoms with Gasteiger partial charge in [-0.25, -0.2) is 0 Å². The minimum absolute atomic E-state index is 0.903. The first kappa shape index (κ1) is 11.4. The SMILES string of the molecule is CC(=S)N1Cc2ccccc2-c2ccccc2C1. The molecule has 2 heteroatoms. The van der Waals surface area contributed by atoms with Crippen LogP contribution >= 0.6 is 12.2 Å². The summed E-state index contributed by atoms with van der Waals surface area (Å²) in [4.78, 5) is 3.22. The molecule has 3 rings (SSSR count). The van der Waals surface area contributed by atoms with E-state index in [1.807, 2.05) is 6.92 Å². The molecule has 0 radical (unpaired) electrons. The summed E-state index contributed by atoms with van der Waals surface area (Å²) in [5.41, 5.74) is 5.39. The fourth-order valence-corrected chi connectivity index (χ4v) is 2.66. The zero-order valence-electron chi connectivity index (χ0n) is 10.4. The van der Waals surface area contributed by atoms with E-state index in [4.69, 9.17) is 12.2 Å². The molecular weight excluding hydrogens is 238 g/mol. The largest absolute Gasteiger partial charge is 0.358 e. The van der Waals surface area contributed by atoms with Gasteiger partial charge in [0.25, 0.3) is 0 Å². The Bertz CT molecular complexity index is 556. The molecule has 2 aromatic rings. The summed E-state index contributed by atoms with van der Waals surface area (Å²) in [5.74, 6) is 0. The fraction of sp³-hybridized carbons (Fsp3) is 0.188. The van der Waals surface area contributed by atoms with Crippen molar-refractivity contribution >= 4 is 17.2 Å². The maximum Gasteiger partial charge on any atom is 0.0753 e. The summed E-state index contributed by atoms with van der Waals surface area (Å²) in [7, 11) is 0. The van der Waals surface area contributed by atoms with Crippen LogP contribution in [-0.2, 0) is 13.1 Å². The van der Waals surface area contributed by atoms with Gasteiger partial charge in [-0.3, -0.25) is 0 Å². The lowest BCUT2D eigenvalue weighted by Gasteiger charge is -2.21. The molecule has 0 atom stereocenters. The molecule has 0 unspecified atom stereocenters. The van der Waals surface area contributed by atoms with Crippen LogP contribution in [-0.4, -0.2) is 9.89 Å². The number of hydrogen-bond acceptors (Lipinski definition) is 1. The van der Waals surface area contributed by atoms with Crippen LogP contribution in [0.1, 0.15) is 18.1 Å². The van der Waals surface area contributed by atoms with Gasteiger partial charge in [-0.05, 0) is 29.2 Å².